The number of hydrogen-bond acceptors (Lipinski definition) is 7. The van der Waals surface area contributed by atoms with Gasteiger partial charge >= 0.3 is 0 Å². The summed E-state index contributed by atoms with van der Waals surface area (Å²) >= 11 is 1.19. The molecule has 0 bridgehead atoms. The molecule has 2 aromatic heterocycles. The molecule has 7 nitrogen and oxygen atoms in total. The molecule has 0 aliphatic rings. The summed E-state index contributed by atoms with van der Waals surface area (Å²) in [4.78, 5) is 23.2. The lowest BCUT2D eigenvalue weighted by Crippen LogP contribution is -2.21. The van der Waals surface area contributed by atoms with E-state index in [1.165, 1.54) is 24.9 Å². The van der Waals surface area contributed by atoms with Gasteiger partial charge in [-0.05, 0) is 30.5 Å². The molecular formula is C19H19N3O4S. The van der Waals surface area contributed by atoms with Crippen LogP contribution >= 0.6 is 11.8 Å². The third-order valence-electron chi connectivity index (χ3n) is 3.76. The van der Waals surface area contributed by atoms with Crippen molar-refractivity contribution in [2.45, 2.75) is 25.0 Å². The number of furan rings is 1. The number of benzene rings is 1. The summed E-state index contributed by atoms with van der Waals surface area (Å²) < 4.78 is 10.7. The van der Waals surface area contributed by atoms with Crippen LogP contribution in [0.5, 0.6) is 0 Å². The lowest BCUT2D eigenvalue weighted by molar-refractivity contribution is -0.118. The molecule has 0 saturated carbocycles. The largest absolute Gasteiger partial charge is 0.459 e. The van der Waals surface area contributed by atoms with Crippen LogP contribution in [-0.4, -0.2) is 34.2 Å². The Morgan fingerprint density at radius 2 is 1.96 bits per heavy atom. The number of Topliss-reactive ketones (excluding diaryl/α,β-unsaturated/α-hetero) is 1. The third-order valence-corrected chi connectivity index (χ3v) is 4.58. The number of aryl methyl sites for hydroxylation is 1. The van der Waals surface area contributed by atoms with Crippen molar-refractivity contribution in [1.29, 1.82) is 0 Å². The zero-order valence-electron chi connectivity index (χ0n) is 14.8. The molecule has 0 aliphatic carbocycles. The van der Waals surface area contributed by atoms with Crippen LogP contribution in [0.2, 0.25) is 0 Å². The van der Waals surface area contributed by atoms with Gasteiger partial charge in [-0.25, -0.2) is 0 Å². The first kappa shape index (κ1) is 18.9. The normalized spacial score (nSPS) is 10.7. The van der Waals surface area contributed by atoms with Crippen LogP contribution in [0.15, 0.2) is 56.7 Å². The number of nitrogens with zero attached hydrogens (tertiary/aromatic N) is 2. The standard InChI is InChI=1S/C19H19N3O4S/c1-13(23)20-10-2-4-14-6-8-15(9-7-14)16(24)12-27-19-22-21-18(26-19)17-5-3-11-25-17/h3,5-9,11H,2,4,10,12H2,1H3,(H,20,23). The molecule has 3 rings (SSSR count). The molecular weight excluding hydrogens is 366 g/mol. The van der Waals surface area contributed by atoms with Crippen LogP contribution in [0.25, 0.3) is 11.7 Å². The number of ketones is 1. The second kappa shape index (κ2) is 9.18. The summed E-state index contributed by atoms with van der Waals surface area (Å²) in [5.41, 5.74) is 1.77. The van der Waals surface area contributed by atoms with E-state index in [2.05, 4.69) is 15.5 Å². The topological polar surface area (TPSA) is 98.2 Å². The fraction of sp³-hybridized carbons (Fsp3) is 0.263. The summed E-state index contributed by atoms with van der Waals surface area (Å²) in [6.07, 6.45) is 3.23. The second-order valence-corrected chi connectivity index (χ2v) is 6.77. The predicted molar refractivity (Wildman–Crippen MR) is 101 cm³/mol. The highest BCUT2D eigenvalue weighted by Crippen LogP contribution is 2.24. The van der Waals surface area contributed by atoms with E-state index in [1.807, 2.05) is 24.3 Å². The van der Waals surface area contributed by atoms with E-state index >= 15 is 0 Å². The number of carbonyl (C=O) groups excluding carboxylic acids is 2. The Balaban J connectivity index is 1.47. The van der Waals surface area contributed by atoms with Gasteiger partial charge in [0.1, 0.15) is 0 Å². The van der Waals surface area contributed by atoms with Crippen molar-refractivity contribution in [2.24, 2.45) is 0 Å². The van der Waals surface area contributed by atoms with Crippen LogP contribution < -0.4 is 5.32 Å². The Hall–Kier alpha value is -2.87. The summed E-state index contributed by atoms with van der Waals surface area (Å²) in [5.74, 6) is 0.962. The molecule has 0 radical (unpaired) electrons. The number of rotatable bonds is 9. The van der Waals surface area contributed by atoms with Gasteiger partial charge in [-0.3, -0.25) is 9.59 Å². The van der Waals surface area contributed by atoms with Gasteiger partial charge < -0.3 is 14.2 Å². The van der Waals surface area contributed by atoms with Crippen LogP contribution in [-0.2, 0) is 11.2 Å². The van der Waals surface area contributed by atoms with Crippen molar-refractivity contribution in [3.05, 3.63) is 53.8 Å². The monoisotopic (exact) mass is 385 g/mol. The smallest absolute Gasteiger partial charge is 0.284 e. The molecule has 8 heteroatoms. The fourth-order valence-electron chi connectivity index (χ4n) is 2.39. The molecule has 0 spiro atoms. The quantitative estimate of drug-likeness (QED) is 0.342. The number of hydrogen-bond donors (Lipinski definition) is 1. The van der Waals surface area contributed by atoms with Crippen molar-refractivity contribution in [1.82, 2.24) is 15.5 Å². The first-order valence-electron chi connectivity index (χ1n) is 8.48. The number of amides is 1. The molecule has 1 aromatic carbocycles. The third kappa shape index (κ3) is 5.55. The highest BCUT2D eigenvalue weighted by atomic mass is 32.2. The lowest BCUT2D eigenvalue weighted by Gasteiger charge is -2.04. The van der Waals surface area contributed by atoms with Crippen molar-refractivity contribution in [3.8, 4) is 11.7 Å². The summed E-state index contributed by atoms with van der Waals surface area (Å²) in [7, 11) is 0. The van der Waals surface area contributed by atoms with Gasteiger partial charge in [-0.2, -0.15) is 0 Å². The van der Waals surface area contributed by atoms with E-state index in [1.54, 1.807) is 12.1 Å². The summed E-state index contributed by atoms with van der Waals surface area (Å²) in [5, 5.41) is 10.9. The van der Waals surface area contributed by atoms with Crippen molar-refractivity contribution >= 4 is 23.5 Å². The Morgan fingerprint density at radius 3 is 2.67 bits per heavy atom. The van der Waals surface area contributed by atoms with Gasteiger partial charge in [0.25, 0.3) is 11.1 Å². The highest BCUT2D eigenvalue weighted by Gasteiger charge is 2.13. The Kier molecular flexibility index (Phi) is 6.43. The van der Waals surface area contributed by atoms with E-state index < -0.39 is 0 Å². The Bertz CT molecular complexity index is 888. The Labute approximate surface area is 160 Å². The minimum atomic E-state index is -0.0222. The summed E-state index contributed by atoms with van der Waals surface area (Å²) in [6, 6.07) is 11.0. The molecule has 1 N–H and O–H groups in total. The number of thioether (sulfide) groups is 1. The van der Waals surface area contributed by atoms with Crippen molar-refractivity contribution in [2.75, 3.05) is 12.3 Å². The fourth-order valence-corrected chi connectivity index (χ4v) is 3.05. The maximum absolute atomic E-state index is 12.3. The van der Waals surface area contributed by atoms with Crippen LogP contribution in [0, 0.1) is 0 Å². The van der Waals surface area contributed by atoms with E-state index in [9.17, 15) is 9.59 Å². The van der Waals surface area contributed by atoms with Gasteiger partial charge in [0.2, 0.25) is 5.91 Å². The van der Waals surface area contributed by atoms with Gasteiger partial charge in [0.05, 0.1) is 12.0 Å². The maximum atomic E-state index is 12.3. The number of aromatic nitrogens is 2. The molecule has 27 heavy (non-hydrogen) atoms. The lowest BCUT2D eigenvalue weighted by atomic mass is 10.1. The number of nitrogens with one attached hydrogen (secondary N) is 1. The zero-order valence-corrected chi connectivity index (χ0v) is 15.6. The van der Waals surface area contributed by atoms with E-state index in [0.29, 0.717) is 29.0 Å². The van der Waals surface area contributed by atoms with Gasteiger partial charge in [0.15, 0.2) is 11.5 Å². The first-order valence-corrected chi connectivity index (χ1v) is 9.47. The minimum absolute atomic E-state index is 0.0115. The first-order chi connectivity index (χ1) is 13.1. The molecule has 0 fully saturated rings. The zero-order chi connectivity index (χ0) is 19.1. The minimum Gasteiger partial charge on any atom is -0.459 e. The Morgan fingerprint density at radius 1 is 1.15 bits per heavy atom. The van der Waals surface area contributed by atoms with Gasteiger partial charge in [0, 0.05) is 19.0 Å². The van der Waals surface area contributed by atoms with Crippen molar-refractivity contribution in [3.63, 3.8) is 0 Å². The van der Waals surface area contributed by atoms with Crippen LogP contribution in [0.4, 0.5) is 0 Å². The molecule has 1 amide bonds. The maximum Gasteiger partial charge on any atom is 0.284 e. The van der Waals surface area contributed by atoms with E-state index in [-0.39, 0.29) is 17.4 Å². The highest BCUT2D eigenvalue weighted by molar-refractivity contribution is 7.99. The predicted octanol–water partition coefficient (Wildman–Crippen LogP) is 3.37. The van der Waals surface area contributed by atoms with Crippen LogP contribution in [0.3, 0.4) is 0 Å². The molecule has 2 heterocycles. The molecule has 0 saturated heterocycles. The van der Waals surface area contributed by atoms with E-state index in [4.69, 9.17) is 8.83 Å². The molecule has 3 aromatic rings. The van der Waals surface area contributed by atoms with Gasteiger partial charge in [-0.1, -0.05) is 36.0 Å². The average Bonchev–Trinajstić information content (AvgIpc) is 3.35. The second-order valence-electron chi connectivity index (χ2n) is 5.85. The molecule has 0 atom stereocenters. The van der Waals surface area contributed by atoms with Crippen LogP contribution in [0.1, 0.15) is 29.3 Å². The molecule has 140 valence electrons. The summed E-state index contributed by atoms with van der Waals surface area (Å²) in [6.45, 7) is 2.15. The molecule has 0 unspecified atom stereocenters. The average molecular weight is 385 g/mol. The molecule has 0 aliphatic heterocycles. The van der Waals surface area contributed by atoms with E-state index in [0.717, 1.165) is 18.4 Å². The SMILES string of the molecule is CC(=O)NCCCc1ccc(C(=O)CSc2nnc(-c3ccco3)o2)cc1. The van der Waals surface area contributed by atoms with Gasteiger partial charge in [-0.15, -0.1) is 10.2 Å². The van der Waals surface area contributed by atoms with Crippen molar-refractivity contribution < 1.29 is 18.4 Å². The number of carbonyl (C=O) groups is 2.